The summed E-state index contributed by atoms with van der Waals surface area (Å²) in [5, 5.41) is 2.07. The van der Waals surface area contributed by atoms with E-state index in [9.17, 15) is 4.79 Å². The standard InChI is InChI=1S/C21H19Cl2NO3/c1-2-3-5-13-8-19(25)27-20-16(13)10-18(23)21-17(20)11-24(12-26-21)15-7-4-6-14(22)9-15/h4,6-10H,2-3,5,11-12H2,1H3. The van der Waals surface area contributed by atoms with Crippen LogP contribution in [0.5, 0.6) is 5.75 Å². The molecule has 1 aromatic heterocycles. The van der Waals surface area contributed by atoms with E-state index in [-0.39, 0.29) is 5.63 Å². The van der Waals surface area contributed by atoms with E-state index in [4.69, 9.17) is 32.4 Å². The highest BCUT2D eigenvalue weighted by atomic mass is 35.5. The number of hydrogen-bond acceptors (Lipinski definition) is 4. The van der Waals surface area contributed by atoms with Crippen molar-refractivity contribution in [1.29, 1.82) is 0 Å². The molecule has 0 saturated heterocycles. The molecular weight excluding hydrogens is 385 g/mol. The number of benzene rings is 2. The zero-order chi connectivity index (χ0) is 19.0. The van der Waals surface area contributed by atoms with Crippen LogP contribution in [0.25, 0.3) is 11.0 Å². The predicted octanol–water partition coefficient (Wildman–Crippen LogP) is 5.80. The van der Waals surface area contributed by atoms with Crippen molar-refractivity contribution < 1.29 is 9.15 Å². The second-order valence-corrected chi connectivity index (χ2v) is 7.53. The minimum Gasteiger partial charge on any atom is -0.471 e. The molecule has 0 amide bonds. The summed E-state index contributed by atoms with van der Waals surface area (Å²) >= 11 is 12.6. The van der Waals surface area contributed by atoms with Crippen LogP contribution in [0.2, 0.25) is 10.0 Å². The highest BCUT2D eigenvalue weighted by molar-refractivity contribution is 6.33. The molecule has 1 aliphatic heterocycles. The molecule has 0 N–H and O–H groups in total. The fraction of sp³-hybridized carbons (Fsp3) is 0.286. The maximum absolute atomic E-state index is 12.2. The molecule has 0 spiro atoms. The van der Waals surface area contributed by atoms with E-state index in [2.05, 4.69) is 6.92 Å². The topological polar surface area (TPSA) is 42.7 Å². The number of fused-ring (bicyclic) bond motifs is 3. The molecule has 2 heterocycles. The van der Waals surface area contributed by atoms with Gasteiger partial charge in [-0.1, -0.05) is 42.6 Å². The number of anilines is 1. The molecule has 0 aliphatic carbocycles. The van der Waals surface area contributed by atoms with E-state index >= 15 is 0 Å². The van der Waals surface area contributed by atoms with Gasteiger partial charge in [-0.2, -0.15) is 0 Å². The van der Waals surface area contributed by atoms with Gasteiger partial charge in [0, 0.05) is 22.2 Å². The Morgan fingerprint density at radius 2 is 2.04 bits per heavy atom. The second-order valence-electron chi connectivity index (χ2n) is 6.69. The van der Waals surface area contributed by atoms with Crippen LogP contribution in [0.4, 0.5) is 5.69 Å². The summed E-state index contributed by atoms with van der Waals surface area (Å²) in [7, 11) is 0. The highest BCUT2D eigenvalue weighted by Gasteiger charge is 2.25. The van der Waals surface area contributed by atoms with Crippen LogP contribution < -0.4 is 15.3 Å². The van der Waals surface area contributed by atoms with E-state index in [1.807, 2.05) is 35.2 Å². The lowest BCUT2D eigenvalue weighted by molar-refractivity contribution is 0.289. The summed E-state index contributed by atoms with van der Waals surface area (Å²) in [6.45, 7) is 2.99. The summed E-state index contributed by atoms with van der Waals surface area (Å²) in [5.74, 6) is 0.582. The second kappa shape index (κ2) is 7.45. The van der Waals surface area contributed by atoms with Crippen molar-refractivity contribution in [3.8, 4) is 5.75 Å². The number of hydrogen-bond donors (Lipinski definition) is 0. The fourth-order valence-corrected chi connectivity index (χ4v) is 3.93. The van der Waals surface area contributed by atoms with E-state index in [0.29, 0.717) is 34.7 Å². The molecule has 4 rings (SSSR count). The van der Waals surface area contributed by atoms with Gasteiger partial charge < -0.3 is 14.1 Å². The molecular formula is C21H19Cl2NO3. The minimum atomic E-state index is -0.349. The third-order valence-corrected chi connectivity index (χ3v) is 5.32. The van der Waals surface area contributed by atoms with Gasteiger partial charge >= 0.3 is 5.63 Å². The first-order chi connectivity index (χ1) is 13.1. The van der Waals surface area contributed by atoms with Crippen molar-refractivity contribution in [3.63, 3.8) is 0 Å². The SMILES string of the molecule is CCCCc1cc(=O)oc2c3c(c(Cl)cc12)OCN(c1cccc(Cl)c1)C3. The predicted molar refractivity (Wildman–Crippen MR) is 109 cm³/mol. The number of nitrogens with zero attached hydrogens (tertiary/aromatic N) is 1. The summed E-state index contributed by atoms with van der Waals surface area (Å²) in [6, 6.07) is 11.0. The number of halogens is 2. The molecule has 0 saturated carbocycles. The zero-order valence-corrected chi connectivity index (χ0v) is 16.4. The quantitative estimate of drug-likeness (QED) is 0.516. The first-order valence-electron chi connectivity index (χ1n) is 8.98. The van der Waals surface area contributed by atoms with Crippen molar-refractivity contribution in [2.24, 2.45) is 0 Å². The van der Waals surface area contributed by atoms with Crippen LogP contribution in [0.1, 0.15) is 30.9 Å². The van der Waals surface area contributed by atoms with Crippen LogP contribution in [0.15, 0.2) is 45.6 Å². The Hall–Kier alpha value is -2.17. The average Bonchev–Trinajstić information content (AvgIpc) is 2.66. The first kappa shape index (κ1) is 18.2. The van der Waals surface area contributed by atoms with Crippen molar-refractivity contribution >= 4 is 39.9 Å². The van der Waals surface area contributed by atoms with Crippen LogP contribution >= 0.6 is 23.2 Å². The van der Waals surface area contributed by atoms with Gasteiger partial charge in [-0.15, -0.1) is 0 Å². The molecule has 0 unspecified atom stereocenters. The Kier molecular flexibility index (Phi) is 5.02. The maximum atomic E-state index is 12.2. The highest BCUT2D eigenvalue weighted by Crippen LogP contribution is 2.40. The molecule has 1 aliphatic rings. The third-order valence-electron chi connectivity index (χ3n) is 4.81. The smallest absolute Gasteiger partial charge is 0.336 e. The van der Waals surface area contributed by atoms with E-state index < -0.39 is 0 Å². The van der Waals surface area contributed by atoms with Gasteiger partial charge in [-0.25, -0.2) is 4.79 Å². The Labute approximate surface area is 167 Å². The zero-order valence-electron chi connectivity index (χ0n) is 14.9. The number of ether oxygens (including phenoxy) is 1. The largest absolute Gasteiger partial charge is 0.471 e. The average molecular weight is 404 g/mol. The number of aryl methyl sites for hydroxylation is 1. The lowest BCUT2D eigenvalue weighted by Crippen LogP contribution is -2.32. The molecule has 0 bridgehead atoms. The van der Waals surface area contributed by atoms with Crippen LogP contribution in [-0.2, 0) is 13.0 Å². The number of rotatable bonds is 4. The Balaban J connectivity index is 1.84. The van der Waals surface area contributed by atoms with Gasteiger partial charge in [-0.3, -0.25) is 0 Å². The maximum Gasteiger partial charge on any atom is 0.336 e. The van der Waals surface area contributed by atoms with Gasteiger partial charge in [-0.05, 0) is 42.7 Å². The molecule has 0 fully saturated rings. The molecule has 0 radical (unpaired) electrons. The summed E-state index contributed by atoms with van der Waals surface area (Å²) < 4.78 is 11.5. The van der Waals surface area contributed by atoms with Crippen molar-refractivity contribution in [2.45, 2.75) is 32.7 Å². The van der Waals surface area contributed by atoms with Crippen LogP contribution in [-0.4, -0.2) is 6.73 Å². The monoisotopic (exact) mass is 403 g/mol. The van der Waals surface area contributed by atoms with E-state index in [1.54, 1.807) is 6.07 Å². The molecule has 27 heavy (non-hydrogen) atoms. The summed E-state index contributed by atoms with van der Waals surface area (Å²) in [4.78, 5) is 14.2. The first-order valence-corrected chi connectivity index (χ1v) is 9.74. The van der Waals surface area contributed by atoms with Gasteiger partial charge in [0.2, 0.25) is 0 Å². The lowest BCUT2D eigenvalue weighted by Gasteiger charge is -2.31. The summed E-state index contributed by atoms with van der Waals surface area (Å²) in [6.07, 6.45) is 2.86. The molecule has 3 aromatic rings. The molecule has 140 valence electrons. The fourth-order valence-electron chi connectivity index (χ4n) is 3.46. The molecule has 2 aromatic carbocycles. The van der Waals surface area contributed by atoms with E-state index in [0.717, 1.165) is 41.5 Å². The molecule has 4 nitrogen and oxygen atoms in total. The minimum absolute atomic E-state index is 0.346. The lowest BCUT2D eigenvalue weighted by atomic mass is 10.0. The van der Waals surface area contributed by atoms with Crippen molar-refractivity contribution in [2.75, 3.05) is 11.6 Å². The van der Waals surface area contributed by atoms with Crippen LogP contribution in [0.3, 0.4) is 0 Å². The number of unbranched alkanes of at least 4 members (excludes halogenated alkanes) is 1. The van der Waals surface area contributed by atoms with Crippen molar-refractivity contribution in [1.82, 2.24) is 0 Å². The molecule has 0 atom stereocenters. The third kappa shape index (κ3) is 3.52. The Morgan fingerprint density at radius 3 is 2.81 bits per heavy atom. The molecule has 6 heteroatoms. The normalized spacial score (nSPS) is 13.5. The van der Waals surface area contributed by atoms with E-state index in [1.165, 1.54) is 0 Å². The Bertz CT molecular complexity index is 1060. The van der Waals surface area contributed by atoms with Gasteiger partial charge in [0.1, 0.15) is 11.3 Å². The Morgan fingerprint density at radius 1 is 1.19 bits per heavy atom. The van der Waals surface area contributed by atoms with Gasteiger partial charge in [0.15, 0.2) is 6.73 Å². The summed E-state index contributed by atoms with van der Waals surface area (Å²) in [5.41, 5.74) is 2.90. The van der Waals surface area contributed by atoms with Gasteiger partial charge in [0.05, 0.1) is 17.1 Å². The van der Waals surface area contributed by atoms with Crippen molar-refractivity contribution in [3.05, 3.63) is 68.0 Å². The van der Waals surface area contributed by atoms with Crippen LogP contribution in [0, 0.1) is 0 Å². The van der Waals surface area contributed by atoms with Gasteiger partial charge in [0.25, 0.3) is 0 Å².